The van der Waals surface area contributed by atoms with E-state index in [9.17, 15) is 9.59 Å². The molecule has 21 heavy (non-hydrogen) atoms. The number of H-pyrrole nitrogens is 2. The van der Waals surface area contributed by atoms with Crippen molar-refractivity contribution in [3.8, 4) is 0 Å². The summed E-state index contributed by atoms with van der Waals surface area (Å²) < 4.78 is 5.57. The van der Waals surface area contributed by atoms with Crippen LogP contribution < -0.4 is 16.4 Å². The molecule has 0 aliphatic carbocycles. The zero-order valence-electron chi connectivity index (χ0n) is 11.7. The molecule has 0 saturated carbocycles. The normalized spacial score (nSPS) is 12.5. The minimum Gasteiger partial charge on any atom is -0.464 e. The summed E-state index contributed by atoms with van der Waals surface area (Å²) in [5, 5.41) is 8.58. The summed E-state index contributed by atoms with van der Waals surface area (Å²) in [4.78, 5) is 23.8. The van der Waals surface area contributed by atoms with Crippen molar-refractivity contribution in [2.75, 3.05) is 5.32 Å². The first-order valence-electron chi connectivity index (χ1n) is 6.63. The zero-order chi connectivity index (χ0) is 15.0. The Labute approximate surface area is 119 Å². The van der Waals surface area contributed by atoms with E-state index in [1.54, 1.807) is 18.2 Å². The topological polar surface area (TPSA) is 90.9 Å². The molecule has 3 rings (SSSR count). The largest absolute Gasteiger partial charge is 0.464 e. The number of hydrogen-bond donors (Lipinski definition) is 3. The van der Waals surface area contributed by atoms with Crippen LogP contribution >= 0.6 is 0 Å². The Balaban J connectivity index is 2.07. The number of benzene rings is 1. The van der Waals surface area contributed by atoms with E-state index in [-0.39, 0.29) is 17.2 Å². The van der Waals surface area contributed by atoms with Crippen LogP contribution in [0.3, 0.4) is 0 Å². The van der Waals surface area contributed by atoms with Crippen molar-refractivity contribution in [3.05, 3.63) is 62.6 Å². The van der Waals surface area contributed by atoms with Gasteiger partial charge in [-0.25, -0.2) is 0 Å². The van der Waals surface area contributed by atoms with Crippen LogP contribution in [0.25, 0.3) is 10.8 Å². The summed E-state index contributed by atoms with van der Waals surface area (Å²) in [6, 6.07) is 8.77. The molecule has 1 aromatic carbocycles. The maximum Gasteiger partial charge on any atom is 0.272 e. The minimum absolute atomic E-state index is 0.122. The number of hydrogen-bond acceptors (Lipinski definition) is 4. The Morgan fingerprint density at radius 2 is 1.86 bits per heavy atom. The maximum absolute atomic E-state index is 12.0. The van der Waals surface area contributed by atoms with E-state index < -0.39 is 0 Å². The van der Waals surface area contributed by atoms with Gasteiger partial charge in [-0.2, -0.15) is 0 Å². The first-order chi connectivity index (χ1) is 10.1. The van der Waals surface area contributed by atoms with Crippen molar-refractivity contribution >= 4 is 16.5 Å². The second kappa shape index (κ2) is 4.97. The Bertz CT molecular complexity index is 904. The molecule has 1 atom stereocenters. The van der Waals surface area contributed by atoms with E-state index >= 15 is 0 Å². The molecule has 2 aromatic heterocycles. The predicted octanol–water partition coefficient (Wildman–Crippen LogP) is 2.29. The molecule has 0 amide bonds. The van der Waals surface area contributed by atoms with Gasteiger partial charge in [0.1, 0.15) is 11.5 Å². The van der Waals surface area contributed by atoms with Crippen LogP contribution in [0.1, 0.15) is 24.5 Å². The Kier molecular flexibility index (Phi) is 3.13. The van der Waals surface area contributed by atoms with Crippen LogP contribution in [0.15, 0.2) is 44.3 Å². The number of aromatic nitrogens is 2. The number of rotatable bonds is 3. The molecule has 6 nitrogen and oxygen atoms in total. The third kappa shape index (κ3) is 2.35. The van der Waals surface area contributed by atoms with Gasteiger partial charge in [-0.05, 0) is 38.1 Å². The molecule has 3 aromatic rings. The molecule has 1 unspecified atom stereocenters. The van der Waals surface area contributed by atoms with Gasteiger partial charge in [0, 0.05) is 5.69 Å². The Morgan fingerprint density at radius 3 is 2.57 bits per heavy atom. The van der Waals surface area contributed by atoms with Gasteiger partial charge in [0.25, 0.3) is 11.1 Å². The lowest BCUT2D eigenvalue weighted by molar-refractivity contribution is 0.467. The number of aromatic amines is 2. The van der Waals surface area contributed by atoms with Gasteiger partial charge >= 0.3 is 0 Å². The van der Waals surface area contributed by atoms with Gasteiger partial charge in [-0.15, -0.1) is 0 Å². The third-order valence-electron chi connectivity index (χ3n) is 3.39. The fraction of sp³-hybridized carbons (Fsp3) is 0.200. The van der Waals surface area contributed by atoms with Crippen molar-refractivity contribution < 1.29 is 4.42 Å². The van der Waals surface area contributed by atoms with Gasteiger partial charge in [0.05, 0.1) is 16.8 Å². The zero-order valence-corrected chi connectivity index (χ0v) is 11.7. The summed E-state index contributed by atoms with van der Waals surface area (Å²) in [6.07, 6.45) is 0. The second-order valence-corrected chi connectivity index (χ2v) is 4.95. The standard InChI is InChI=1S/C15H15N3O3/c1-8-6-7-12(21-8)9(2)16-11-5-3-4-10-13(11)15(20)18-17-14(10)19/h3-7,9,16H,1-2H3,(H,17,19)(H,18,20). The van der Waals surface area contributed by atoms with Crippen LogP contribution in [-0.4, -0.2) is 10.2 Å². The molecule has 0 spiro atoms. The fourth-order valence-electron chi connectivity index (χ4n) is 2.34. The van der Waals surface area contributed by atoms with Crippen molar-refractivity contribution in [2.24, 2.45) is 0 Å². The summed E-state index contributed by atoms with van der Waals surface area (Å²) >= 11 is 0. The molecule has 3 N–H and O–H groups in total. The highest BCUT2D eigenvalue weighted by Gasteiger charge is 2.13. The molecule has 0 aliphatic rings. The van der Waals surface area contributed by atoms with E-state index in [4.69, 9.17) is 4.42 Å². The number of aryl methyl sites for hydroxylation is 1. The monoisotopic (exact) mass is 285 g/mol. The van der Waals surface area contributed by atoms with Crippen LogP contribution in [-0.2, 0) is 0 Å². The summed E-state index contributed by atoms with van der Waals surface area (Å²) in [6.45, 7) is 3.80. The van der Waals surface area contributed by atoms with Gasteiger partial charge < -0.3 is 9.73 Å². The lowest BCUT2D eigenvalue weighted by Crippen LogP contribution is -2.20. The molecular formula is C15H15N3O3. The van der Waals surface area contributed by atoms with Crippen molar-refractivity contribution in [2.45, 2.75) is 19.9 Å². The van der Waals surface area contributed by atoms with Gasteiger partial charge in [0.15, 0.2) is 0 Å². The van der Waals surface area contributed by atoms with E-state index in [0.717, 1.165) is 11.5 Å². The van der Waals surface area contributed by atoms with Crippen LogP contribution in [0.2, 0.25) is 0 Å². The van der Waals surface area contributed by atoms with Crippen molar-refractivity contribution in [1.82, 2.24) is 10.2 Å². The highest BCUT2D eigenvalue weighted by molar-refractivity contribution is 5.92. The van der Waals surface area contributed by atoms with E-state index in [2.05, 4.69) is 15.5 Å². The van der Waals surface area contributed by atoms with Gasteiger partial charge in [0.2, 0.25) is 0 Å². The molecule has 0 saturated heterocycles. The molecule has 6 heteroatoms. The first kappa shape index (κ1) is 13.2. The molecule has 0 radical (unpaired) electrons. The quantitative estimate of drug-likeness (QED) is 0.688. The van der Waals surface area contributed by atoms with E-state index in [0.29, 0.717) is 16.5 Å². The third-order valence-corrected chi connectivity index (χ3v) is 3.39. The maximum atomic E-state index is 12.0. The smallest absolute Gasteiger partial charge is 0.272 e. The summed E-state index contributed by atoms with van der Waals surface area (Å²) in [7, 11) is 0. The van der Waals surface area contributed by atoms with Crippen LogP contribution in [0, 0.1) is 6.92 Å². The van der Waals surface area contributed by atoms with Crippen molar-refractivity contribution in [3.63, 3.8) is 0 Å². The highest BCUT2D eigenvalue weighted by Crippen LogP contribution is 2.24. The van der Waals surface area contributed by atoms with Crippen molar-refractivity contribution in [1.29, 1.82) is 0 Å². The number of furan rings is 1. The lowest BCUT2D eigenvalue weighted by atomic mass is 10.1. The Morgan fingerprint density at radius 1 is 1.10 bits per heavy atom. The molecule has 108 valence electrons. The molecule has 2 heterocycles. The SMILES string of the molecule is Cc1ccc(C(C)Nc2cccc3c(=O)[nH][nH]c(=O)c23)o1. The molecular weight excluding hydrogens is 270 g/mol. The predicted molar refractivity (Wildman–Crippen MR) is 80.7 cm³/mol. The molecule has 0 aliphatic heterocycles. The van der Waals surface area contributed by atoms with E-state index in [1.807, 2.05) is 26.0 Å². The highest BCUT2D eigenvalue weighted by atomic mass is 16.3. The molecule has 0 bridgehead atoms. The number of anilines is 1. The van der Waals surface area contributed by atoms with Gasteiger partial charge in [-0.3, -0.25) is 19.8 Å². The van der Waals surface area contributed by atoms with Crippen LogP contribution in [0.4, 0.5) is 5.69 Å². The summed E-state index contributed by atoms with van der Waals surface area (Å²) in [5.74, 6) is 1.59. The second-order valence-electron chi connectivity index (χ2n) is 4.95. The Hall–Kier alpha value is -2.76. The fourth-order valence-corrected chi connectivity index (χ4v) is 2.34. The average Bonchev–Trinajstić information content (AvgIpc) is 2.90. The minimum atomic E-state index is -0.337. The van der Waals surface area contributed by atoms with Crippen LogP contribution in [0.5, 0.6) is 0 Å². The summed E-state index contributed by atoms with van der Waals surface area (Å²) in [5.41, 5.74) is -0.0633. The average molecular weight is 285 g/mol. The number of fused-ring (bicyclic) bond motifs is 1. The van der Waals surface area contributed by atoms with E-state index in [1.165, 1.54) is 0 Å². The molecule has 0 fully saturated rings. The van der Waals surface area contributed by atoms with Gasteiger partial charge in [-0.1, -0.05) is 6.07 Å². The first-order valence-corrected chi connectivity index (χ1v) is 6.63. The number of nitrogens with one attached hydrogen (secondary N) is 3. The lowest BCUT2D eigenvalue weighted by Gasteiger charge is -2.14.